The van der Waals surface area contributed by atoms with Gasteiger partial charge in [-0.15, -0.1) is 0 Å². The Bertz CT molecular complexity index is 429. The first-order chi connectivity index (χ1) is 10.2. The maximum atomic E-state index is 4.64. The summed E-state index contributed by atoms with van der Waals surface area (Å²) >= 11 is 0. The summed E-state index contributed by atoms with van der Waals surface area (Å²) in [5, 5.41) is 6.78. The zero-order valence-corrected chi connectivity index (χ0v) is 13.9. The Balaban J connectivity index is 2.55. The van der Waals surface area contributed by atoms with Crippen molar-refractivity contribution in [2.75, 3.05) is 6.54 Å². The number of aliphatic imine (C=N–C) groups is 1. The molecule has 0 saturated heterocycles. The molecule has 0 aliphatic rings. The molecular weight excluding hydrogens is 260 g/mol. The lowest BCUT2D eigenvalue weighted by Gasteiger charge is -2.17. The van der Waals surface area contributed by atoms with E-state index in [9.17, 15) is 0 Å². The van der Waals surface area contributed by atoms with Crippen molar-refractivity contribution in [1.29, 1.82) is 0 Å². The van der Waals surface area contributed by atoms with E-state index in [1.807, 2.05) is 12.3 Å². The summed E-state index contributed by atoms with van der Waals surface area (Å²) in [6.07, 6.45) is 6.84. The summed E-state index contributed by atoms with van der Waals surface area (Å²) in [6.45, 7) is 10.1. The van der Waals surface area contributed by atoms with Crippen LogP contribution in [0.3, 0.4) is 0 Å². The van der Waals surface area contributed by atoms with Crippen LogP contribution in [0, 0.1) is 6.92 Å². The highest BCUT2D eigenvalue weighted by molar-refractivity contribution is 5.80. The predicted octanol–water partition coefficient (Wildman–Crippen LogP) is 3.41. The van der Waals surface area contributed by atoms with E-state index in [1.54, 1.807) is 0 Å². The van der Waals surface area contributed by atoms with Crippen molar-refractivity contribution in [3.05, 3.63) is 29.6 Å². The number of unbranched alkanes of at least 4 members (excludes halogenated alkanes) is 2. The van der Waals surface area contributed by atoms with Gasteiger partial charge in [0.05, 0.1) is 12.2 Å². The molecule has 0 spiro atoms. The zero-order valence-electron chi connectivity index (χ0n) is 13.9. The lowest BCUT2D eigenvalue weighted by molar-refractivity contribution is 0.546. The fourth-order valence-electron chi connectivity index (χ4n) is 2.16. The van der Waals surface area contributed by atoms with Crippen molar-refractivity contribution in [1.82, 2.24) is 15.6 Å². The van der Waals surface area contributed by atoms with Crippen LogP contribution in [0.15, 0.2) is 23.3 Å². The number of guanidine groups is 1. The van der Waals surface area contributed by atoms with Crippen LogP contribution in [0.5, 0.6) is 0 Å². The highest BCUT2D eigenvalue weighted by Gasteiger charge is 2.05. The molecule has 118 valence electrons. The first-order valence-corrected chi connectivity index (χ1v) is 8.12. The number of rotatable bonds is 8. The molecule has 1 rings (SSSR count). The minimum atomic E-state index is 0.444. The van der Waals surface area contributed by atoms with E-state index >= 15 is 0 Å². The van der Waals surface area contributed by atoms with Crippen LogP contribution < -0.4 is 10.6 Å². The second-order valence-electron chi connectivity index (χ2n) is 5.50. The van der Waals surface area contributed by atoms with Gasteiger partial charge in [-0.2, -0.15) is 0 Å². The van der Waals surface area contributed by atoms with Crippen LogP contribution in [0.25, 0.3) is 0 Å². The van der Waals surface area contributed by atoms with Crippen LogP contribution in [0.4, 0.5) is 0 Å². The number of hydrogen-bond donors (Lipinski definition) is 2. The molecule has 1 heterocycles. The average molecular weight is 290 g/mol. The zero-order chi connectivity index (χ0) is 15.5. The van der Waals surface area contributed by atoms with Crippen molar-refractivity contribution in [2.24, 2.45) is 4.99 Å². The summed E-state index contributed by atoms with van der Waals surface area (Å²) in [6, 6.07) is 4.48. The first kappa shape index (κ1) is 17.5. The largest absolute Gasteiger partial charge is 0.357 e. The van der Waals surface area contributed by atoms with Crippen molar-refractivity contribution in [3.8, 4) is 0 Å². The van der Waals surface area contributed by atoms with Crippen molar-refractivity contribution in [2.45, 2.75) is 66.0 Å². The molecule has 0 fully saturated rings. The third-order valence-electron chi connectivity index (χ3n) is 3.47. The van der Waals surface area contributed by atoms with E-state index in [-0.39, 0.29) is 0 Å². The number of aromatic nitrogens is 1. The van der Waals surface area contributed by atoms with Gasteiger partial charge in [0.15, 0.2) is 5.96 Å². The number of pyridine rings is 1. The van der Waals surface area contributed by atoms with Gasteiger partial charge in [-0.05, 0) is 38.8 Å². The second kappa shape index (κ2) is 10.2. The summed E-state index contributed by atoms with van der Waals surface area (Å²) < 4.78 is 0. The normalized spacial score (nSPS) is 13.0. The summed E-state index contributed by atoms with van der Waals surface area (Å²) in [4.78, 5) is 9.03. The summed E-state index contributed by atoms with van der Waals surface area (Å²) in [5.74, 6) is 0.881. The van der Waals surface area contributed by atoms with Gasteiger partial charge in [0.1, 0.15) is 0 Å². The molecule has 0 saturated carbocycles. The maximum absolute atomic E-state index is 4.64. The van der Waals surface area contributed by atoms with Gasteiger partial charge < -0.3 is 10.6 Å². The van der Waals surface area contributed by atoms with Crippen LogP contribution in [-0.2, 0) is 6.54 Å². The lowest BCUT2D eigenvalue weighted by Crippen LogP contribution is -2.42. The Morgan fingerprint density at radius 1 is 1.33 bits per heavy atom. The number of hydrogen-bond acceptors (Lipinski definition) is 2. The minimum absolute atomic E-state index is 0.444. The Labute approximate surface area is 129 Å². The van der Waals surface area contributed by atoms with E-state index < -0.39 is 0 Å². The minimum Gasteiger partial charge on any atom is -0.357 e. The van der Waals surface area contributed by atoms with E-state index in [4.69, 9.17) is 0 Å². The van der Waals surface area contributed by atoms with Crippen molar-refractivity contribution < 1.29 is 0 Å². The fourth-order valence-corrected chi connectivity index (χ4v) is 2.16. The van der Waals surface area contributed by atoms with Crippen LogP contribution in [0.2, 0.25) is 0 Å². The van der Waals surface area contributed by atoms with Gasteiger partial charge in [-0.25, -0.2) is 4.99 Å². The summed E-state index contributed by atoms with van der Waals surface area (Å²) in [7, 11) is 0. The smallest absolute Gasteiger partial charge is 0.191 e. The van der Waals surface area contributed by atoms with Crippen LogP contribution >= 0.6 is 0 Å². The molecule has 1 aromatic rings. The van der Waals surface area contributed by atoms with Gasteiger partial charge in [0.2, 0.25) is 0 Å². The van der Waals surface area contributed by atoms with Crippen LogP contribution in [-0.4, -0.2) is 23.5 Å². The molecule has 2 N–H and O–H groups in total. The van der Waals surface area contributed by atoms with Gasteiger partial charge in [-0.3, -0.25) is 4.98 Å². The molecule has 4 nitrogen and oxygen atoms in total. The molecule has 0 aromatic carbocycles. The lowest BCUT2D eigenvalue weighted by atomic mass is 10.1. The Morgan fingerprint density at radius 2 is 2.14 bits per heavy atom. The Morgan fingerprint density at radius 3 is 2.81 bits per heavy atom. The molecular formula is C17H30N4. The van der Waals surface area contributed by atoms with Gasteiger partial charge in [0.25, 0.3) is 0 Å². The topological polar surface area (TPSA) is 49.3 Å². The monoisotopic (exact) mass is 290 g/mol. The third-order valence-corrected chi connectivity index (χ3v) is 3.47. The quantitative estimate of drug-likeness (QED) is 0.438. The number of aryl methyl sites for hydroxylation is 1. The molecule has 1 atom stereocenters. The van der Waals surface area contributed by atoms with Crippen molar-refractivity contribution in [3.63, 3.8) is 0 Å². The van der Waals surface area contributed by atoms with Crippen LogP contribution in [0.1, 0.15) is 57.7 Å². The second-order valence-corrected chi connectivity index (χ2v) is 5.50. The molecule has 0 bridgehead atoms. The molecule has 1 unspecified atom stereocenters. The first-order valence-electron chi connectivity index (χ1n) is 8.12. The molecule has 4 heteroatoms. The fraction of sp³-hybridized carbons (Fsp3) is 0.647. The summed E-state index contributed by atoms with van der Waals surface area (Å²) in [5.41, 5.74) is 2.22. The molecule has 21 heavy (non-hydrogen) atoms. The highest BCUT2D eigenvalue weighted by atomic mass is 15.2. The molecule has 0 aliphatic heterocycles. The van der Waals surface area contributed by atoms with E-state index in [0.717, 1.165) is 18.2 Å². The van der Waals surface area contributed by atoms with E-state index in [1.165, 1.54) is 31.2 Å². The van der Waals surface area contributed by atoms with Gasteiger partial charge in [-0.1, -0.05) is 32.3 Å². The number of nitrogens with zero attached hydrogens (tertiary/aromatic N) is 2. The Hall–Kier alpha value is -1.58. The molecule has 0 radical (unpaired) electrons. The van der Waals surface area contributed by atoms with E-state index in [2.05, 4.69) is 54.4 Å². The van der Waals surface area contributed by atoms with Crippen molar-refractivity contribution >= 4 is 5.96 Å². The predicted molar refractivity (Wildman–Crippen MR) is 90.5 cm³/mol. The molecule has 1 aromatic heterocycles. The molecule has 0 amide bonds. The maximum Gasteiger partial charge on any atom is 0.191 e. The average Bonchev–Trinajstić information content (AvgIpc) is 2.46. The van der Waals surface area contributed by atoms with Gasteiger partial charge >= 0.3 is 0 Å². The van der Waals surface area contributed by atoms with Gasteiger partial charge in [0, 0.05) is 18.8 Å². The highest BCUT2D eigenvalue weighted by Crippen LogP contribution is 2.05. The van der Waals surface area contributed by atoms with E-state index in [0.29, 0.717) is 12.6 Å². The number of nitrogens with one attached hydrogen (secondary N) is 2. The standard InChI is InChI=1S/C17H30N4/c1-5-7-8-11-15(4)21-17(18-6-2)20-13-16-14(3)10-9-12-19-16/h9-10,12,15H,5-8,11,13H2,1-4H3,(H2,18,20,21). The Kier molecular flexibility index (Phi) is 8.48. The molecule has 0 aliphatic carbocycles. The SMILES string of the molecule is CCCCCC(C)NC(=NCc1ncccc1C)NCC. The third kappa shape index (κ3) is 7.11.